The van der Waals surface area contributed by atoms with Crippen LogP contribution in [-0.4, -0.2) is 29.5 Å². The van der Waals surface area contributed by atoms with E-state index >= 15 is 0 Å². The van der Waals surface area contributed by atoms with Crippen LogP contribution in [0.15, 0.2) is 23.5 Å². The van der Waals surface area contributed by atoms with Crippen LogP contribution in [0.3, 0.4) is 0 Å². The Labute approximate surface area is 105 Å². The summed E-state index contributed by atoms with van der Waals surface area (Å²) in [4.78, 5) is 0. The number of rotatable bonds is 3. The number of allylic oxidation sites excluding steroid dienone is 4. The van der Waals surface area contributed by atoms with Crippen molar-refractivity contribution in [3.05, 3.63) is 23.5 Å². The molecule has 0 aliphatic heterocycles. The lowest BCUT2D eigenvalue weighted by Crippen LogP contribution is -2.51. The molecule has 0 unspecified atom stereocenters. The molecule has 0 bridgehead atoms. The van der Waals surface area contributed by atoms with Crippen LogP contribution in [0.1, 0.15) is 0 Å². The standard InChI is InChI=1S/C13H27PSi2/c1-14(2)12-9-10-13(11-12,15(3,4)5)16(6,7)8/h9-11H,1-8H3. The van der Waals surface area contributed by atoms with Gasteiger partial charge in [-0.2, -0.15) is 0 Å². The molecule has 0 saturated carbocycles. The van der Waals surface area contributed by atoms with Gasteiger partial charge in [0, 0.05) is 0 Å². The monoisotopic (exact) mass is 270 g/mol. The minimum absolute atomic E-state index is 0.0644. The average Bonchev–Trinajstić information content (AvgIpc) is 2.44. The highest BCUT2D eigenvalue weighted by Gasteiger charge is 2.50. The zero-order chi connectivity index (χ0) is 12.8. The van der Waals surface area contributed by atoms with E-state index in [1.807, 2.05) is 0 Å². The van der Waals surface area contributed by atoms with Crippen LogP contribution < -0.4 is 0 Å². The van der Waals surface area contributed by atoms with Gasteiger partial charge >= 0.3 is 0 Å². The quantitative estimate of drug-likeness (QED) is 0.492. The van der Waals surface area contributed by atoms with Gasteiger partial charge in [0.25, 0.3) is 0 Å². The fraction of sp³-hybridized carbons (Fsp3) is 0.692. The zero-order valence-electron chi connectivity index (χ0n) is 12.2. The summed E-state index contributed by atoms with van der Waals surface area (Å²) < 4.78 is 0.474. The van der Waals surface area contributed by atoms with Crippen molar-refractivity contribution >= 4 is 24.1 Å². The Morgan fingerprint density at radius 3 is 1.56 bits per heavy atom. The average molecular weight is 271 g/mol. The Hall–Kier alpha value is 0.344. The van der Waals surface area contributed by atoms with Gasteiger partial charge in [-0.05, 0) is 23.3 Å². The van der Waals surface area contributed by atoms with E-state index in [1.165, 1.54) is 0 Å². The normalized spacial score (nSPS) is 20.4. The van der Waals surface area contributed by atoms with Gasteiger partial charge in [0.2, 0.25) is 0 Å². The third-order valence-corrected chi connectivity index (χ3v) is 15.3. The molecule has 0 nitrogen and oxygen atoms in total. The van der Waals surface area contributed by atoms with Gasteiger partial charge in [-0.1, -0.05) is 65.4 Å². The molecule has 0 amide bonds. The molecule has 92 valence electrons. The first-order valence-electron chi connectivity index (χ1n) is 6.11. The summed E-state index contributed by atoms with van der Waals surface area (Å²) in [6.45, 7) is 19.9. The second-order valence-electron chi connectivity index (χ2n) is 7.17. The largest absolute Gasteiger partial charge is 0.0820 e. The van der Waals surface area contributed by atoms with Crippen LogP contribution in [-0.2, 0) is 0 Å². The summed E-state index contributed by atoms with van der Waals surface area (Å²) in [6.07, 6.45) is 7.67. The van der Waals surface area contributed by atoms with Gasteiger partial charge in [0.1, 0.15) is 0 Å². The highest BCUT2D eigenvalue weighted by atomic mass is 31.1. The second-order valence-corrected chi connectivity index (χ2v) is 20.6. The molecular formula is C13H27PSi2. The van der Waals surface area contributed by atoms with E-state index in [4.69, 9.17) is 0 Å². The highest BCUT2D eigenvalue weighted by molar-refractivity contribution is 7.60. The molecule has 1 aliphatic carbocycles. The van der Waals surface area contributed by atoms with Gasteiger partial charge in [0.15, 0.2) is 0 Å². The van der Waals surface area contributed by atoms with Crippen molar-refractivity contribution in [3.63, 3.8) is 0 Å². The maximum atomic E-state index is 2.66. The topological polar surface area (TPSA) is 0 Å². The molecule has 3 heteroatoms. The van der Waals surface area contributed by atoms with Crippen molar-refractivity contribution < 1.29 is 0 Å². The van der Waals surface area contributed by atoms with Gasteiger partial charge in [0.05, 0.1) is 16.1 Å². The van der Waals surface area contributed by atoms with E-state index in [1.54, 1.807) is 5.31 Å². The molecule has 1 aliphatic rings. The number of hydrogen-bond acceptors (Lipinski definition) is 0. The predicted molar refractivity (Wildman–Crippen MR) is 85.4 cm³/mol. The fourth-order valence-electron chi connectivity index (χ4n) is 2.88. The molecule has 0 radical (unpaired) electrons. The van der Waals surface area contributed by atoms with E-state index in [9.17, 15) is 0 Å². The maximum absolute atomic E-state index is 2.66. The Bertz CT molecular complexity index is 313. The maximum Gasteiger partial charge on any atom is 0.0563 e. The van der Waals surface area contributed by atoms with E-state index in [-0.39, 0.29) is 7.92 Å². The number of hydrogen-bond donors (Lipinski definition) is 0. The van der Waals surface area contributed by atoms with E-state index in [2.05, 4.69) is 70.8 Å². The Kier molecular flexibility index (Phi) is 3.80. The lowest BCUT2D eigenvalue weighted by atomic mass is 10.4. The summed E-state index contributed by atoms with van der Waals surface area (Å²) in [7, 11) is -2.31. The molecule has 16 heavy (non-hydrogen) atoms. The molecular weight excluding hydrogens is 243 g/mol. The Morgan fingerprint density at radius 2 is 1.38 bits per heavy atom. The Balaban J connectivity index is 3.29. The summed E-state index contributed by atoms with van der Waals surface area (Å²) in [5.74, 6) is 0. The summed E-state index contributed by atoms with van der Waals surface area (Å²) in [6, 6.07) is 0. The van der Waals surface area contributed by atoms with Crippen LogP contribution in [0.25, 0.3) is 0 Å². The predicted octanol–water partition coefficient (Wildman–Crippen LogP) is 5.14. The van der Waals surface area contributed by atoms with Crippen molar-refractivity contribution in [1.29, 1.82) is 0 Å². The van der Waals surface area contributed by atoms with Gasteiger partial charge in [-0.15, -0.1) is 0 Å². The lowest BCUT2D eigenvalue weighted by molar-refractivity contribution is 1.09. The van der Waals surface area contributed by atoms with Crippen LogP contribution in [0.4, 0.5) is 0 Å². The molecule has 0 aromatic carbocycles. The van der Waals surface area contributed by atoms with Crippen LogP contribution >= 0.6 is 7.92 Å². The third-order valence-electron chi connectivity index (χ3n) is 3.89. The smallest absolute Gasteiger partial charge is 0.0563 e. The van der Waals surface area contributed by atoms with Gasteiger partial charge in [-0.25, -0.2) is 0 Å². The molecule has 0 fully saturated rings. The molecule has 0 saturated heterocycles. The molecule has 0 heterocycles. The van der Waals surface area contributed by atoms with Gasteiger partial charge in [-0.3, -0.25) is 0 Å². The van der Waals surface area contributed by atoms with Crippen molar-refractivity contribution in [3.8, 4) is 0 Å². The zero-order valence-corrected chi connectivity index (χ0v) is 15.1. The van der Waals surface area contributed by atoms with E-state index in [0.717, 1.165) is 0 Å². The first kappa shape index (κ1) is 14.4. The van der Waals surface area contributed by atoms with Crippen LogP contribution in [0.2, 0.25) is 43.9 Å². The van der Waals surface area contributed by atoms with Crippen molar-refractivity contribution in [2.75, 3.05) is 13.3 Å². The fourth-order valence-corrected chi connectivity index (χ4v) is 15.3. The highest BCUT2D eigenvalue weighted by Crippen LogP contribution is 2.57. The van der Waals surface area contributed by atoms with Gasteiger partial charge < -0.3 is 0 Å². The van der Waals surface area contributed by atoms with Crippen molar-refractivity contribution in [2.24, 2.45) is 0 Å². The Morgan fingerprint density at radius 1 is 0.938 bits per heavy atom. The molecule has 0 spiro atoms. The third kappa shape index (κ3) is 2.30. The second kappa shape index (κ2) is 4.22. The first-order valence-corrected chi connectivity index (χ1v) is 15.3. The molecule has 0 aromatic rings. The van der Waals surface area contributed by atoms with Crippen LogP contribution in [0.5, 0.6) is 0 Å². The van der Waals surface area contributed by atoms with Crippen molar-refractivity contribution in [1.82, 2.24) is 0 Å². The summed E-state index contributed by atoms with van der Waals surface area (Å²) >= 11 is 0. The molecule has 0 atom stereocenters. The minimum Gasteiger partial charge on any atom is -0.0820 e. The SMILES string of the molecule is CP(C)C1=CC([Si](C)(C)C)([Si](C)(C)C)C=C1. The van der Waals surface area contributed by atoms with E-state index in [0.29, 0.717) is 4.66 Å². The lowest BCUT2D eigenvalue weighted by Gasteiger charge is -2.47. The van der Waals surface area contributed by atoms with E-state index < -0.39 is 16.1 Å². The van der Waals surface area contributed by atoms with Crippen molar-refractivity contribution in [2.45, 2.75) is 43.9 Å². The summed E-state index contributed by atoms with van der Waals surface area (Å²) in [5.41, 5.74) is 0. The molecule has 0 aromatic heterocycles. The summed E-state index contributed by atoms with van der Waals surface area (Å²) in [5, 5.41) is 1.62. The van der Waals surface area contributed by atoms with Crippen LogP contribution in [0, 0.1) is 0 Å². The molecule has 0 N–H and O–H groups in total. The first-order chi connectivity index (χ1) is 7.01. The minimum atomic E-state index is -1.19. The molecule has 1 rings (SSSR count).